The molecule has 0 amide bonds. The van der Waals surface area contributed by atoms with Crippen LogP contribution in [0.3, 0.4) is 0 Å². The third kappa shape index (κ3) is 4.32. The molecular formula is C24H27N7. The van der Waals surface area contributed by atoms with Gasteiger partial charge in [0.1, 0.15) is 5.82 Å². The molecule has 0 aliphatic carbocycles. The van der Waals surface area contributed by atoms with Crippen molar-refractivity contribution < 1.29 is 0 Å². The highest BCUT2D eigenvalue weighted by Gasteiger charge is 2.14. The molecule has 1 aliphatic rings. The Morgan fingerprint density at radius 1 is 0.903 bits per heavy atom. The third-order valence-corrected chi connectivity index (χ3v) is 5.78. The Bertz CT molecular complexity index is 1170. The average molecular weight is 414 g/mol. The van der Waals surface area contributed by atoms with Crippen molar-refractivity contribution in [3.63, 3.8) is 0 Å². The summed E-state index contributed by atoms with van der Waals surface area (Å²) < 4.78 is 0. The molecule has 0 unspecified atom stereocenters. The second-order valence-electron chi connectivity index (χ2n) is 8.09. The fraction of sp³-hybridized carbons (Fsp3) is 0.250. The smallest absolute Gasteiger partial charge is 0.229 e. The zero-order valence-electron chi connectivity index (χ0n) is 17.9. The summed E-state index contributed by atoms with van der Waals surface area (Å²) in [6.07, 6.45) is 3.78. The topological polar surface area (TPSA) is 72.1 Å². The minimum Gasteiger partial charge on any atom is -0.369 e. The Kier molecular flexibility index (Phi) is 5.18. The molecule has 0 spiro atoms. The van der Waals surface area contributed by atoms with Gasteiger partial charge in [-0.1, -0.05) is 0 Å². The van der Waals surface area contributed by atoms with Gasteiger partial charge < -0.3 is 25.4 Å². The first-order valence-electron chi connectivity index (χ1n) is 10.6. The van der Waals surface area contributed by atoms with Crippen LogP contribution in [0, 0.1) is 6.92 Å². The molecule has 1 fully saturated rings. The summed E-state index contributed by atoms with van der Waals surface area (Å²) in [5.74, 6) is 1.37. The number of benzene rings is 2. The van der Waals surface area contributed by atoms with Gasteiger partial charge >= 0.3 is 0 Å². The van der Waals surface area contributed by atoms with E-state index in [1.54, 1.807) is 0 Å². The molecule has 3 heterocycles. The van der Waals surface area contributed by atoms with Gasteiger partial charge in [-0.05, 0) is 62.5 Å². The summed E-state index contributed by atoms with van der Waals surface area (Å²) in [7, 11) is 2.17. The van der Waals surface area contributed by atoms with E-state index in [1.165, 1.54) is 5.69 Å². The monoisotopic (exact) mass is 413 g/mol. The number of fused-ring (bicyclic) bond motifs is 1. The van der Waals surface area contributed by atoms with Crippen LogP contribution in [0.2, 0.25) is 0 Å². The highest BCUT2D eigenvalue weighted by Crippen LogP contribution is 2.25. The van der Waals surface area contributed by atoms with Crippen LogP contribution in [0.15, 0.2) is 60.9 Å². The average Bonchev–Trinajstić information content (AvgIpc) is 3.25. The predicted molar refractivity (Wildman–Crippen MR) is 128 cm³/mol. The summed E-state index contributed by atoms with van der Waals surface area (Å²) in [6, 6.07) is 16.8. The molecule has 5 rings (SSSR count). The number of hydrogen-bond acceptors (Lipinski definition) is 6. The highest BCUT2D eigenvalue weighted by atomic mass is 15.2. The predicted octanol–water partition coefficient (Wildman–Crippen LogP) is 4.51. The van der Waals surface area contributed by atoms with E-state index in [9.17, 15) is 0 Å². The second-order valence-corrected chi connectivity index (χ2v) is 8.09. The first-order valence-corrected chi connectivity index (χ1v) is 10.6. The lowest BCUT2D eigenvalue weighted by Crippen LogP contribution is -2.44. The van der Waals surface area contributed by atoms with Crippen molar-refractivity contribution in [3.05, 3.63) is 66.5 Å². The maximum atomic E-state index is 4.69. The molecule has 1 aliphatic heterocycles. The fourth-order valence-electron chi connectivity index (χ4n) is 3.85. The van der Waals surface area contributed by atoms with Crippen LogP contribution in [0.1, 0.15) is 5.56 Å². The van der Waals surface area contributed by atoms with Gasteiger partial charge in [0.25, 0.3) is 0 Å². The zero-order valence-corrected chi connectivity index (χ0v) is 17.9. The Morgan fingerprint density at radius 3 is 2.48 bits per heavy atom. The molecule has 4 aromatic rings. The SMILES string of the molecule is Cc1cnc(Nc2ccc(N3CCN(C)CC3)cc2)nc1Nc1ccc2[nH]ccc2c1. The number of aryl methyl sites for hydroxylation is 1. The standard InChI is InChI=1S/C24H27N7/c1-17-16-26-24(29-23(17)27-20-5-8-22-18(15-20)9-10-25-22)28-19-3-6-21(7-4-19)31-13-11-30(2)12-14-31/h3-10,15-16,25H,11-14H2,1-2H3,(H2,26,27,28,29). The van der Waals surface area contributed by atoms with Gasteiger partial charge in [0, 0.05) is 72.1 Å². The van der Waals surface area contributed by atoms with Gasteiger partial charge in [0.2, 0.25) is 5.95 Å². The van der Waals surface area contributed by atoms with E-state index in [4.69, 9.17) is 4.98 Å². The summed E-state index contributed by atoms with van der Waals surface area (Å²) in [5, 5.41) is 7.91. The highest BCUT2D eigenvalue weighted by molar-refractivity contribution is 5.84. The van der Waals surface area contributed by atoms with Crippen molar-refractivity contribution in [2.45, 2.75) is 6.92 Å². The molecule has 3 N–H and O–H groups in total. The number of rotatable bonds is 5. The van der Waals surface area contributed by atoms with E-state index in [-0.39, 0.29) is 0 Å². The number of H-pyrrole nitrogens is 1. The van der Waals surface area contributed by atoms with E-state index in [0.717, 1.165) is 59.8 Å². The van der Waals surface area contributed by atoms with Crippen molar-refractivity contribution in [2.75, 3.05) is 48.8 Å². The molecule has 0 bridgehead atoms. The molecule has 0 radical (unpaired) electrons. The first kappa shape index (κ1) is 19.4. The molecule has 2 aromatic carbocycles. The third-order valence-electron chi connectivity index (χ3n) is 5.78. The largest absolute Gasteiger partial charge is 0.369 e. The lowest BCUT2D eigenvalue weighted by atomic mass is 10.2. The van der Waals surface area contributed by atoms with E-state index >= 15 is 0 Å². The minimum absolute atomic E-state index is 0.572. The van der Waals surface area contributed by atoms with E-state index in [2.05, 4.69) is 79.9 Å². The number of piperazine rings is 1. The summed E-state index contributed by atoms with van der Waals surface area (Å²) in [4.78, 5) is 17.2. The molecule has 7 nitrogen and oxygen atoms in total. The summed E-state index contributed by atoms with van der Waals surface area (Å²) in [6.45, 7) is 6.33. The molecule has 0 atom stereocenters. The van der Waals surface area contributed by atoms with Crippen molar-refractivity contribution >= 4 is 39.7 Å². The maximum absolute atomic E-state index is 4.69. The van der Waals surface area contributed by atoms with Crippen LogP contribution >= 0.6 is 0 Å². The Hall–Kier alpha value is -3.58. The van der Waals surface area contributed by atoms with Crippen molar-refractivity contribution in [1.82, 2.24) is 19.9 Å². The van der Waals surface area contributed by atoms with Crippen molar-refractivity contribution in [1.29, 1.82) is 0 Å². The van der Waals surface area contributed by atoms with Gasteiger partial charge in [-0.2, -0.15) is 4.98 Å². The van der Waals surface area contributed by atoms with Crippen molar-refractivity contribution in [2.24, 2.45) is 0 Å². The van der Waals surface area contributed by atoms with Gasteiger partial charge in [0.15, 0.2) is 0 Å². The van der Waals surface area contributed by atoms with E-state index < -0.39 is 0 Å². The number of aromatic amines is 1. The number of nitrogens with zero attached hydrogens (tertiary/aromatic N) is 4. The zero-order chi connectivity index (χ0) is 21.2. The molecule has 7 heteroatoms. The number of anilines is 5. The molecule has 31 heavy (non-hydrogen) atoms. The van der Waals surface area contributed by atoms with E-state index in [0.29, 0.717) is 5.95 Å². The van der Waals surface area contributed by atoms with Crippen LogP contribution in [0.5, 0.6) is 0 Å². The molecule has 1 saturated heterocycles. The fourth-order valence-corrected chi connectivity index (χ4v) is 3.85. The minimum atomic E-state index is 0.572. The number of hydrogen-bond donors (Lipinski definition) is 3. The van der Waals surface area contributed by atoms with Gasteiger partial charge in [0.05, 0.1) is 0 Å². The second kappa shape index (κ2) is 8.28. The van der Waals surface area contributed by atoms with Gasteiger partial charge in [-0.15, -0.1) is 0 Å². The van der Waals surface area contributed by atoms with Crippen LogP contribution in [0.25, 0.3) is 10.9 Å². The normalized spacial score (nSPS) is 14.7. The van der Waals surface area contributed by atoms with Gasteiger partial charge in [-0.3, -0.25) is 0 Å². The Morgan fingerprint density at radius 2 is 1.68 bits per heavy atom. The van der Waals surface area contributed by atoms with Crippen LogP contribution in [0.4, 0.5) is 28.8 Å². The van der Waals surface area contributed by atoms with Crippen molar-refractivity contribution in [3.8, 4) is 0 Å². The lowest BCUT2D eigenvalue weighted by molar-refractivity contribution is 0.313. The molecule has 2 aromatic heterocycles. The molecular weight excluding hydrogens is 386 g/mol. The summed E-state index contributed by atoms with van der Waals surface area (Å²) >= 11 is 0. The maximum Gasteiger partial charge on any atom is 0.229 e. The number of aromatic nitrogens is 3. The van der Waals surface area contributed by atoms with Crippen LogP contribution in [-0.2, 0) is 0 Å². The quantitative estimate of drug-likeness (QED) is 0.447. The first-order chi connectivity index (χ1) is 15.1. The van der Waals surface area contributed by atoms with Crippen LogP contribution in [-0.4, -0.2) is 53.1 Å². The molecule has 158 valence electrons. The van der Waals surface area contributed by atoms with Gasteiger partial charge in [-0.25, -0.2) is 4.98 Å². The Labute approximate surface area is 182 Å². The summed E-state index contributed by atoms with van der Waals surface area (Å²) in [5.41, 5.74) is 5.33. The number of nitrogens with one attached hydrogen (secondary N) is 3. The van der Waals surface area contributed by atoms with E-state index in [1.807, 2.05) is 25.4 Å². The Balaban J connectivity index is 1.29. The van der Waals surface area contributed by atoms with Crippen LogP contribution < -0.4 is 15.5 Å². The number of likely N-dealkylation sites (N-methyl/N-ethyl adjacent to an activating group) is 1. The lowest BCUT2D eigenvalue weighted by Gasteiger charge is -2.34. The molecule has 0 saturated carbocycles.